The number of hydrogen-bond donors (Lipinski definition) is 2. The van der Waals surface area contributed by atoms with E-state index in [1.165, 1.54) is 30.4 Å². The van der Waals surface area contributed by atoms with Gasteiger partial charge in [0.25, 0.3) is 0 Å². The molecule has 2 aromatic rings. The minimum Gasteiger partial charge on any atom is -0.508 e. The van der Waals surface area contributed by atoms with Gasteiger partial charge in [0.15, 0.2) is 0 Å². The van der Waals surface area contributed by atoms with E-state index in [2.05, 4.69) is 58.9 Å². The average molecular weight is 381 g/mol. The van der Waals surface area contributed by atoms with Crippen molar-refractivity contribution in [2.24, 2.45) is 16.7 Å². The Morgan fingerprint density at radius 3 is 1.50 bits per heavy atom. The third kappa shape index (κ3) is 4.37. The fraction of sp³-hybridized carbons (Fsp3) is 0.538. The molecule has 1 aliphatic carbocycles. The number of phenols is 2. The van der Waals surface area contributed by atoms with Crippen LogP contribution in [-0.4, -0.2) is 10.2 Å². The van der Waals surface area contributed by atoms with Crippen molar-refractivity contribution in [3.05, 3.63) is 59.7 Å². The molecule has 0 bridgehead atoms. The summed E-state index contributed by atoms with van der Waals surface area (Å²) in [5.41, 5.74) is 3.15. The molecule has 28 heavy (non-hydrogen) atoms. The molecular weight excluding hydrogens is 344 g/mol. The maximum Gasteiger partial charge on any atom is 0.115 e. The quantitative estimate of drug-likeness (QED) is 0.597. The van der Waals surface area contributed by atoms with Crippen LogP contribution in [-0.2, 0) is 5.41 Å². The number of aromatic hydroxyl groups is 2. The predicted octanol–water partition coefficient (Wildman–Crippen LogP) is 7.04. The molecule has 0 unspecified atom stereocenters. The van der Waals surface area contributed by atoms with Crippen LogP contribution in [0.25, 0.3) is 0 Å². The summed E-state index contributed by atoms with van der Waals surface area (Å²) in [5, 5.41) is 19.5. The second kappa shape index (κ2) is 7.46. The number of hydrogen-bond acceptors (Lipinski definition) is 2. The lowest BCUT2D eigenvalue weighted by Crippen LogP contribution is -2.38. The normalized spacial score (nSPS) is 18.2. The lowest BCUT2D eigenvalue weighted by atomic mass is 9.57. The third-order valence-corrected chi connectivity index (χ3v) is 6.77. The molecule has 1 aliphatic rings. The highest BCUT2D eigenvalue weighted by atomic mass is 16.3. The summed E-state index contributed by atoms with van der Waals surface area (Å²) in [6.45, 7) is 11.9. The Morgan fingerprint density at radius 2 is 1.14 bits per heavy atom. The molecule has 2 nitrogen and oxygen atoms in total. The van der Waals surface area contributed by atoms with Gasteiger partial charge in [-0.15, -0.1) is 0 Å². The molecule has 0 aromatic heterocycles. The highest BCUT2D eigenvalue weighted by molar-refractivity contribution is 5.43. The molecular formula is C26H36O2. The van der Waals surface area contributed by atoms with E-state index in [9.17, 15) is 10.2 Å². The van der Waals surface area contributed by atoms with Gasteiger partial charge in [-0.2, -0.15) is 0 Å². The monoisotopic (exact) mass is 380 g/mol. The molecule has 0 aliphatic heterocycles. The maximum atomic E-state index is 9.77. The van der Waals surface area contributed by atoms with Crippen LogP contribution in [0.5, 0.6) is 11.5 Å². The van der Waals surface area contributed by atoms with E-state index in [-0.39, 0.29) is 5.41 Å². The van der Waals surface area contributed by atoms with Gasteiger partial charge in [-0.25, -0.2) is 0 Å². The van der Waals surface area contributed by atoms with Crippen molar-refractivity contribution in [3.8, 4) is 11.5 Å². The molecule has 0 radical (unpaired) electrons. The van der Waals surface area contributed by atoms with Crippen molar-refractivity contribution in [2.45, 2.75) is 72.1 Å². The lowest BCUT2D eigenvalue weighted by molar-refractivity contribution is 0.0833. The van der Waals surface area contributed by atoms with E-state index in [0.717, 1.165) is 12.8 Å². The van der Waals surface area contributed by atoms with Gasteiger partial charge in [-0.05, 0) is 84.2 Å². The second-order valence-corrected chi connectivity index (χ2v) is 10.7. The van der Waals surface area contributed by atoms with Gasteiger partial charge in [-0.1, -0.05) is 58.9 Å². The second-order valence-electron chi connectivity index (χ2n) is 10.7. The molecule has 0 heterocycles. The van der Waals surface area contributed by atoms with Crippen molar-refractivity contribution in [3.63, 3.8) is 0 Å². The summed E-state index contributed by atoms with van der Waals surface area (Å²) in [6.07, 6.45) is 5.83. The highest BCUT2D eigenvalue weighted by Crippen LogP contribution is 2.52. The van der Waals surface area contributed by atoms with E-state index >= 15 is 0 Å². The number of rotatable bonds is 4. The van der Waals surface area contributed by atoms with Gasteiger partial charge in [0.1, 0.15) is 11.5 Å². The van der Waals surface area contributed by atoms with E-state index in [0.29, 0.717) is 28.2 Å². The summed E-state index contributed by atoms with van der Waals surface area (Å²) >= 11 is 0. The first kappa shape index (κ1) is 20.8. The van der Waals surface area contributed by atoms with Crippen molar-refractivity contribution in [1.29, 1.82) is 0 Å². The molecule has 3 rings (SSSR count). The summed E-state index contributed by atoms with van der Waals surface area (Å²) < 4.78 is 0. The summed E-state index contributed by atoms with van der Waals surface area (Å²) in [5.74, 6) is 1.34. The van der Waals surface area contributed by atoms with Crippen LogP contribution in [0.3, 0.4) is 0 Å². The maximum absolute atomic E-state index is 9.77. The van der Waals surface area contributed by atoms with E-state index in [1.54, 1.807) is 24.3 Å². The molecule has 0 saturated heterocycles. The van der Waals surface area contributed by atoms with Gasteiger partial charge in [-0.3, -0.25) is 0 Å². The van der Waals surface area contributed by atoms with Crippen molar-refractivity contribution < 1.29 is 10.2 Å². The van der Waals surface area contributed by atoms with Crippen molar-refractivity contribution in [1.82, 2.24) is 0 Å². The summed E-state index contributed by atoms with van der Waals surface area (Å²) in [6, 6.07) is 15.5. The van der Waals surface area contributed by atoms with Crippen LogP contribution >= 0.6 is 0 Å². The average Bonchev–Trinajstić information content (AvgIpc) is 2.61. The molecule has 0 atom stereocenters. The molecule has 2 aromatic carbocycles. The van der Waals surface area contributed by atoms with Gasteiger partial charge < -0.3 is 10.2 Å². The molecule has 1 fully saturated rings. The first-order valence-corrected chi connectivity index (χ1v) is 10.6. The third-order valence-electron chi connectivity index (χ3n) is 6.77. The van der Waals surface area contributed by atoms with Crippen LogP contribution in [0, 0.1) is 16.7 Å². The zero-order valence-electron chi connectivity index (χ0n) is 18.1. The smallest absolute Gasteiger partial charge is 0.115 e. The van der Waals surface area contributed by atoms with Crippen LogP contribution < -0.4 is 0 Å². The standard InChI is InChI=1S/C26H36O2/c1-24(2,3)18-25(4,5)19-14-16-26(17-15-19,20-6-10-22(27)11-7-20)21-8-12-23(28)13-9-21/h6-13,19,27-28H,14-18H2,1-5H3. The van der Waals surface area contributed by atoms with Crippen LogP contribution in [0.1, 0.15) is 77.8 Å². The Bertz CT molecular complexity index is 723. The lowest BCUT2D eigenvalue weighted by Gasteiger charge is -2.47. The number of phenolic OH excluding ortho intramolecular Hbond substituents is 2. The Balaban J connectivity index is 1.91. The SMILES string of the molecule is CC(C)(C)CC(C)(C)C1CCC(c2ccc(O)cc2)(c2ccc(O)cc2)CC1. The van der Waals surface area contributed by atoms with E-state index in [4.69, 9.17) is 0 Å². The van der Waals surface area contributed by atoms with Crippen molar-refractivity contribution >= 4 is 0 Å². The molecule has 0 amide bonds. The van der Waals surface area contributed by atoms with E-state index < -0.39 is 0 Å². The minimum atomic E-state index is -0.0459. The first-order chi connectivity index (χ1) is 13.0. The zero-order chi connectivity index (χ0) is 20.6. The van der Waals surface area contributed by atoms with Gasteiger partial charge >= 0.3 is 0 Å². The van der Waals surface area contributed by atoms with E-state index in [1.807, 2.05) is 0 Å². The van der Waals surface area contributed by atoms with Gasteiger partial charge in [0, 0.05) is 5.41 Å². The molecule has 1 saturated carbocycles. The molecule has 2 heteroatoms. The fourth-order valence-electron chi connectivity index (χ4n) is 5.71. The fourth-order valence-corrected chi connectivity index (χ4v) is 5.71. The Hall–Kier alpha value is -1.96. The van der Waals surface area contributed by atoms with Crippen molar-refractivity contribution in [2.75, 3.05) is 0 Å². The first-order valence-electron chi connectivity index (χ1n) is 10.6. The van der Waals surface area contributed by atoms with Crippen LogP contribution in [0.2, 0.25) is 0 Å². The van der Waals surface area contributed by atoms with Gasteiger partial charge in [0.05, 0.1) is 0 Å². The van der Waals surface area contributed by atoms with Crippen LogP contribution in [0.4, 0.5) is 0 Å². The predicted molar refractivity (Wildman–Crippen MR) is 117 cm³/mol. The van der Waals surface area contributed by atoms with Gasteiger partial charge in [0.2, 0.25) is 0 Å². The summed E-state index contributed by atoms with van der Waals surface area (Å²) in [4.78, 5) is 0. The minimum absolute atomic E-state index is 0.0459. The Kier molecular flexibility index (Phi) is 5.53. The zero-order valence-corrected chi connectivity index (χ0v) is 18.1. The Labute approximate surface area is 170 Å². The largest absolute Gasteiger partial charge is 0.508 e. The molecule has 0 spiro atoms. The molecule has 152 valence electrons. The Morgan fingerprint density at radius 1 is 0.750 bits per heavy atom. The highest BCUT2D eigenvalue weighted by Gasteiger charge is 2.43. The molecule has 2 N–H and O–H groups in total. The van der Waals surface area contributed by atoms with Crippen LogP contribution in [0.15, 0.2) is 48.5 Å². The summed E-state index contributed by atoms with van der Waals surface area (Å²) in [7, 11) is 0. The number of benzene rings is 2. The topological polar surface area (TPSA) is 40.5 Å².